The van der Waals surface area contributed by atoms with Gasteiger partial charge in [-0.25, -0.2) is 9.97 Å². The molecule has 0 aliphatic heterocycles. The Kier molecular flexibility index (Phi) is 3.18. The second kappa shape index (κ2) is 5.09. The van der Waals surface area contributed by atoms with Gasteiger partial charge in [-0.3, -0.25) is 0 Å². The lowest BCUT2D eigenvalue weighted by Crippen LogP contribution is -2.18. The Labute approximate surface area is 133 Å². The maximum Gasteiger partial charge on any atom is 0.141 e. The number of furan rings is 1. The van der Waals surface area contributed by atoms with Gasteiger partial charge in [-0.2, -0.15) is 0 Å². The van der Waals surface area contributed by atoms with Crippen LogP contribution in [-0.2, 0) is 19.4 Å². The highest BCUT2D eigenvalue weighted by Gasteiger charge is 2.23. The van der Waals surface area contributed by atoms with Crippen LogP contribution in [0.2, 0.25) is 0 Å². The van der Waals surface area contributed by atoms with E-state index in [2.05, 4.69) is 16.9 Å². The molecule has 0 bridgehead atoms. The van der Waals surface area contributed by atoms with Crippen molar-refractivity contribution in [2.75, 3.05) is 11.9 Å². The monoisotopic (exact) mass is 313 g/mol. The topological polar surface area (TPSA) is 42.2 Å². The number of thiophene rings is 1. The SMILES string of the molecule is Cc1nc(N(C)Cc2ccc(C)o2)c2c3c(sc2n1)CCC3. The summed E-state index contributed by atoms with van der Waals surface area (Å²) >= 11 is 1.84. The number of rotatable bonds is 3. The van der Waals surface area contributed by atoms with Gasteiger partial charge in [0, 0.05) is 11.9 Å². The van der Waals surface area contributed by atoms with Crippen LogP contribution in [0.15, 0.2) is 16.5 Å². The number of aromatic nitrogens is 2. The highest BCUT2D eigenvalue weighted by molar-refractivity contribution is 7.19. The second-order valence-electron chi connectivity index (χ2n) is 6.00. The Balaban J connectivity index is 1.79. The van der Waals surface area contributed by atoms with Crippen LogP contribution in [0.25, 0.3) is 10.2 Å². The minimum absolute atomic E-state index is 0.726. The van der Waals surface area contributed by atoms with E-state index in [0.29, 0.717) is 0 Å². The van der Waals surface area contributed by atoms with Gasteiger partial charge >= 0.3 is 0 Å². The van der Waals surface area contributed by atoms with Gasteiger partial charge < -0.3 is 9.32 Å². The molecule has 5 heteroatoms. The Morgan fingerprint density at radius 2 is 2.09 bits per heavy atom. The first kappa shape index (κ1) is 13.8. The standard InChI is InChI=1S/C17H19N3OS/c1-10-7-8-12(21-10)9-20(3)16-15-13-5-4-6-14(13)22-17(15)19-11(2)18-16/h7-8H,4-6,9H2,1-3H3. The molecule has 22 heavy (non-hydrogen) atoms. The molecule has 0 unspecified atom stereocenters. The van der Waals surface area contributed by atoms with Crippen molar-refractivity contribution < 1.29 is 4.42 Å². The number of aryl methyl sites for hydroxylation is 4. The molecule has 114 valence electrons. The Bertz CT molecular complexity index is 849. The Hall–Kier alpha value is -1.88. The number of anilines is 1. The van der Waals surface area contributed by atoms with Crippen molar-refractivity contribution in [3.8, 4) is 0 Å². The molecule has 4 nitrogen and oxygen atoms in total. The van der Waals surface area contributed by atoms with Crippen LogP contribution in [0.1, 0.15) is 34.2 Å². The van der Waals surface area contributed by atoms with Crippen molar-refractivity contribution in [3.63, 3.8) is 0 Å². The van der Waals surface area contributed by atoms with E-state index in [-0.39, 0.29) is 0 Å². The molecule has 0 spiro atoms. The van der Waals surface area contributed by atoms with Gasteiger partial charge in [-0.1, -0.05) is 0 Å². The molecule has 0 N–H and O–H groups in total. The summed E-state index contributed by atoms with van der Waals surface area (Å²) in [7, 11) is 2.08. The van der Waals surface area contributed by atoms with Crippen molar-refractivity contribution in [2.24, 2.45) is 0 Å². The van der Waals surface area contributed by atoms with Gasteiger partial charge in [0.1, 0.15) is 28.0 Å². The summed E-state index contributed by atoms with van der Waals surface area (Å²) in [5, 5.41) is 1.26. The molecule has 0 radical (unpaired) electrons. The van der Waals surface area contributed by atoms with Gasteiger partial charge in [-0.05, 0) is 50.8 Å². The highest BCUT2D eigenvalue weighted by atomic mass is 32.1. The molecule has 0 saturated carbocycles. The molecule has 3 aromatic heterocycles. The molecule has 1 aliphatic rings. The fraction of sp³-hybridized carbons (Fsp3) is 0.412. The molecule has 0 atom stereocenters. The van der Waals surface area contributed by atoms with Crippen LogP contribution >= 0.6 is 11.3 Å². The third-order valence-corrected chi connectivity index (χ3v) is 5.39. The quantitative estimate of drug-likeness (QED) is 0.732. The molecule has 3 aromatic rings. The van der Waals surface area contributed by atoms with E-state index in [1.165, 1.54) is 28.7 Å². The molecule has 4 rings (SSSR count). The van der Waals surface area contributed by atoms with E-state index >= 15 is 0 Å². The summed E-state index contributed by atoms with van der Waals surface area (Å²) in [6.45, 7) is 4.67. The fourth-order valence-corrected chi connectivity index (χ4v) is 4.54. The third kappa shape index (κ3) is 2.20. The summed E-state index contributed by atoms with van der Waals surface area (Å²) in [5.74, 6) is 3.79. The zero-order valence-electron chi connectivity index (χ0n) is 13.1. The lowest BCUT2D eigenvalue weighted by molar-refractivity contribution is 0.481. The smallest absolute Gasteiger partial charge is 0.141 e. The van der Waals surface area contributed by atoms with E-state index in [4.69, 9.17) is 9.40 Å². The van der Waals surface area contributed by atoms with Crippen LogP contribution in [-0.4, -0.2) is 17.0 Å². The van der Waals surface area contributed by atoms with Gasteiger partial charge in [-0.15, -0.1) is 11.3 Å². The lowest BCUT2D eigenvalue weighted by atomic mass is 10.2. The number of fused-ring (bicyclic) bond motifs is 3. The van der Waals surface area contributed by atoms with E-state index < -0.39 is 0 Å². The second-order valence-corrected chi connectivity index (χ2v) is 7.08. The van der Waals surface area contributed by atoms with Crippen molar-refractivity contribution >= 4 is 27.4 Å². The lowest BCUT2D eigenvalue weighted by Gasteiger charge is -2.18. The summed E-state index contributed by atoms with van der Waals surface area (Å²) in [6, 6.07) is 4.04. The van der Waals surface area contributed by atoms with E-state index in [0.717, 1.165) is 41.0 Å². The van der Waals surface area contributed by atoms with Crippen LogP contribution in [0.5, 0.6) is 0 Å². The Morgan fingerprint density at radius 3 is 2.86 bits per heavy atom. The number of hydrogen-bond donors (Lipinski definition) is 0. The summed E-state index contributed by atoms with van der Waals surface area (Å²) in [4.78, 5) is 14.2. The molecule has 3 heterocycles. The molecule has 1 aliphatic carbocycles. The third-order valence-electron chi connectivity index (χ3n) is 4.21. The number of nitrogens with zero attached hydrogens (tertiary/aromatic N) is 3. The van der Waals surface area contributed by atoms with Gasteiger partial charge in [0.15, 0.2) is 0 Å². The summed E-state index contributed by atoms with van der Waals surface area (Å²) in [6.07, 6.45) is 3.60. The molecular weight excluding hydrogens is 294 g/mol. The molecular formula is C17H19N3OS. The minimum Gasteiger partial charge on any atom is -0.464 e. The normalized spacial score (nSPS) is 13.8. The summed E-state index contributed by atoms with van der Waals surface area (Å²) < 4.78 is 5.71. The van der Waals surface area contributed by atoms with Crippen molar-refractivity contribution in [1.82, 2.24) is 9.97 Å². The predicted octanol–water partition coefficient (Wildman–Crippen LogP) is 4.03. The first-order valence-corrected chi connectivity index (χ1v) is 8.49. The average Bonchev–Trinajstić information content (AvgIpc) is 3.13. The van der Waals surface area contributed by atoms with Gasteiger partial charge in [0.2, 0.25) is 0 Å². The van der Waals surface area contributed by atoms with E-state index in [1.54, 1.807) is 0 Å². The first-order valence-electron chi connectivity index (χ1n) is 7.67. The maximum absolute atomic E-state index is 5.71. The van der Waals surface area contributed by atoms with Crippen LogP contribution < -0.4 is 4.90 Å². The van der Waals surface area contributed by atoms with Crippen LogP contribution in [0.4, 0.5) is 5.82 Å². The zero-order chi connectivity index (χ0) is 15.3. The van der Waals surface area contributed by atoms with Crippen molar-refractivity contribution in [3.05, 3.63) is 39.9 Å². The molecule has 0 saturated heterocycles. The van der Waals surface area contributed by atoms with Gasteiger partial charge in [0.25, 0.3) is 0 Å². The van der Waals surface area contributed by atoms with E-state index in [1.807, 2.05) is 37.3 Å². The van der Waals surface area contributed by atoms with Gasteiger partial charge in [0.05, 0.1) is 11.9 Å². The fourth-order valence-electron chi connectivity index (χ4n) is 3.24. The molecule has 0 amide bonds. The molecule has 0 aromatic carbocycles. The highest BCUT2D eigenvalue weighted by Crippen LogP contribution is 2.40. The Morgan fingerprint density at radius 1 is 1.23 bits per heavy atom. The molecule has 0 fully saturated rings. The predicted molar refractivity (Wildman–Crippen MR) is 89.7 cm³/mol. The summed E-state index contributed by atoms with van der Waals surface area (Å²) in [5.41, 5.74) is 1.47. The maximum atomic E-state index is 5.71. The van der Waals surface area contributed by atoms with Crippen LogP contribution in [0, 0.1) is 13.8 Å². The zero-order valence-corrected chi connectivity index (χ0v) is 14.0. The van der Waals surface area contributed by atoms with E-state index in [9.17, 15) is 0 Å². The van der Waals surface area contributed by atoms with Crippen LogP contribution in [0.3, 0.4) is 0 Å². The minimum atomic E-state index is 0.726. The first-order chi connectivity index (χ1) is 10.6. The largest absolute Gasteiger partial charge is 0.464 e. The van der Waals surface area contributed by atoms with Crippen molar-refractivity contribution in [2.45, 2.75) is 39.7 Å². The number of hydrogen-bond acceptors (Lipinski definition) is 5. The van der Waals surface area contributed by atoms with Crippen molar-refractivity contribution in [1.29, 1.82) is 0 Å². The average molecular weight is 313 g/mol.